The van der Waals surface area contributed by atoms with Crippen molar-refractivity contribution >= 4 is 40.7 Å². The van der Waals surface area contributed by atoms with E-state index in [1.807, 2.05) is 30.4 Å². The number of amides is 3. The van der Waals surface area contributed by atoms with E-state index in [9.17, 15) is 14.4 Å². The predicted molar refractivity (Wildman–Crippen MR) is 120 cm³/mol. The number of carbonyl (C=O) groups excluding carboxylic acids is 3. The summed E-state index contributed by atoms with van der Waals surface area (Å²) in [6, 6.07) is 14.4. The van der Waals surface area contributed by atoms with Crippen LogP contribution in [-0.4, -0.2) is 36.0 Å². The number of nitrogens with one attached hydrogen (secondary N) is 2. The summed E-state index contributed by atoms with van der Waals surface area (Å²) in [5.41, 5.74) is 1.36. The van der Waals surface area contributed by atoms with E-state index < -0.39 is 23.5 Å². The van der Waals surface area contributed by atoms with Crippen LogP contribution in [0.3, 0.4) is 0 Å². The van der Waals surface area contributed by atoms with Crippen LogP contribution in [0.15, 0.2) is 60.7 Å². The lowest BCUT2D eigenvalue weighted by molar-refractivity contribution is -0.132. The van der Waals surface area contributed by atoms with Crippen molar-refractivity contribution in [3.8, 4) is 0 Å². The Balaban J connectivity index is 1.34. The second-order valence-electron chi connectivity index (χ2n) is 8.36. The highest BCUT2D eigenvalue weighted by Crippen LogP contribution is 2.52. The molecule has 2 N–H and O–H groups in total. The van der Waals surface area contributed by atoms with Gasteiger partial charge in [-0.3, -0.25) is 14.4 Å². The van der Waals surface area contributed by atoms with Crippen LogP contribution in [0, 0.1) is 11.8 Å². The van der Waals surface area contributed by atoms with E-state index in [1.54, 1.807) is 35.2 Å². The van der Waals surface area contributed by atoms with Gasteiger partial charge >= 0.3 is 0 Å². The lowest BCUT2D eigenvalue weighted by Gasteiger charge is -2.23. The van der Waals surface area contributed by atoms with Crippen molar-refractivity contribution in [1.82, 2.24) is 5.32 Å². The van der Waals surface area contributed by atoms with Gasteiger partial charge in [0.15, 0.2) is 0 Å². The molecule has 1 spiro atoms. The summed E-state index contributed by atoms with van der Waals surface area (Å²) in [6.07, 6.45) is 3.39. The van der Waals surface area contributed by atoms with Gasteiger partial charge in [-0.05, 0) is 35.9 Å². The lowest BCUT2D eigenvalue weighted by atomic mass is 9.77. The quantitative estimate of drug-likeness (QED) is 0.684. The Labute approximate surface area is 190 Å². The number of anilines is 2. The fourth-order valence-electron chi connectivity index (χ4n) is 4.89. The van der Waals surface area contributed by atoms with Crippen LogP contribution in [0.4, 0.5) is 11.4 Å². The molecule has 164 valence electrons. The summed E-state index contributed by atoms with van der Waals surface area (Å²) in [7, 11) is 0. The molecule has 0 saturated carbocycles. The zero-order valence-electron chi connectivity index (χ0n) is 17.4. The van der Waals surface area contributed by atoms with Crippen LogP contribution >= 0.6 is 11.6 Å². The Kier molecular flexibility index (Phi) is 5.03. The van der Waals surface area contributed by atoms with Crippen molar-refractivity contribution < 1.29 is 19.1 Å². The number of halogens is 1. The Hall–Kier alpha value is -3.16. The van der Waals surface area contributed by atoms with Gasteiger partial charge in [-0.2, -0.15) is 0 Å². The highest BCUT2D eigenvalue weighted by atomic mass is 35.5. The summed E-state index contributed by atoms with van der Waals surface area (Å²) in [6.45, 7) is 2.07. The van der Waals surface area contributed by atoms with Crippen molar-refractivity contribution in [1.29, 1.82) is 0 Å². The van der Waals surface area contributed by atoms with Crippen LogP contribution in [-0.2, 0) is 25.7 Å². The van der Waals surface area contributed by atoms with Crippen LogP contribution in [0.5, 0.6) is 0 Å². The van der Waals surface area contributed by atoms with Gasteiger partial charge in [0.25, 0.3) is 0 Å². The fourth-order valence-corrected chi connectivity index (χ4v) is 5.09. The number of hydrogen-bond donors (Lipinski definition) is 2. The summed E-state index contributed by atoms with van der Waals surface area (Å²) < 4.78 is 6.17. The monoisotopic (exact) mass is 451 g/mol. The Morgan fingerprint density at radius 3 is 2.66 bits per heavy atom. The van der Waals surface area contributed by atoms with E-state index in [-0.39, 0.29) is 24.3 Å². The van der Waals surface area contributed by atoms with Gasteiger partial charge in [0.2, 0.25) is 17.7 Å². The molecule has 2 aromatic carbocycles. The summed E-state index contributed by atoms with van der Waals surface area (Å²) in [5.74, 6) is -1.70. The smallest absolute Gasteiger partial charge is 0.234 e. The molecule has 4 unspecified atom stereocenters. The van der Waals surface area contributed by atoms with Crippen molar-refractivity contribution in [2.75, 3.05) is 16.8 Å². The van der Waals surface area contributed by atoms with Gasteiger partial charge in [0.1, 0.15) is 5.60 Å². The standard InChI is InChI=1S/C24H22ClN3O4/c1-14(29)27-16-6-8-17(9-7-16)28-13-24-11-10-19(32-24)20(21(24)23(28)31)22(30)26-12-15-4-2-3-5-18(15)25/h2-11,19-21H,12-13H2,1H3,(H,26,30)(H,27,29). The summed E-state index contributed by atoms with van der Waals surface area (Å²) >= 11 is 6.20. The number of carbonyl (C=O) groups is 3. The van der Waals surface area contributed by atoms with E-state index in [2.05, 4.69) is 10.6 Å². The summed E-state index contributed by atoms with van der Waals surface area (Å²) in [4.78, 5) is 39.4. The molecule has 0 aromatic heterocycles. The minimum absolute atomic E-state index is 0.137. The van der Waals surface area contributed by atoms with Crippen molar-refractivity contribution in [2.24, 2.45) is 11.8 Å². The van der Waals surface area contributed by atoms with Gasteiger partial charge in [-0.25, -0.2) is 0 Å². The fraction of sp³-hybridized carbons (Fsp3) is 0.292. The molecule has 2 aromatic rings. The SMILES string of the molecule is CC(=O)Nc1ccc(N2CC34C=CC(O3)C(C(=O)NCc3ccccc3Cl)C4C2=O)cc1. The van der Waals surface area contributed by atoms with E-state index in [0.717, 1.165) is 5.56 Å². The first-order chi connectivity index (χ1) is 15.4. The first-order valence-corrected chi connectivity index (χ1v) is 10.8. The zero-order chi connectivity index (χ0) is 22.5. The van der Waals surface area contributed by atoms with E-state index in [1.165, 1.54) is 6.92 Å². The lowest BCUT2D eigenvalue weighted by Crippen LogP contribution is -2.44. The predicted octanol–water partition coefficient (Wildman–Crippen LogP) is 2.90. The number of hydrogen-bond acceptors (Lipinski definition) is 4. The molecule has 7 nitrogen and oxygen atoms in total. The maximum atomic E-state index is 13.4. The molecule has 0 aliphatic carbocycles. The number of ether oxygens (including phenoxy) is 1. The number of fused-ring (bicyclic) bond motifs is 1. The van der Waals surface area contributed by atoms with E-state index >= 15 is 0 Å². The first kappa shape index (κ1) is 20.7. The molecule has 0 radical (unpaired) electrons. The maximum absolute atomic E-state index is 13.4. The molecule has 2 fully saturated rings. The second kappa shape index (κ2) is 7.76. The Bertz CT molecular complexity index is 1130. The van der Waals surface area contributed by atoms with Crippen molar-refractivity contribution in [2.45, 2.75) is 25.2 Å². The van der Waals surface area contributed by atoms with Crippen LogP contribution in [0.2, 0.25) is 5.02 Å². The molecule has 8 heteroatoms. The highest BCUT2D eigenvalue weighted by molar-refractivity contribution is 6.31. The molecule has 3 heterocycles. The van der Waals surface area contributed by atoms with Gasteiger partial charge in [0, 0.05) is 29.9 Å². The number of rotatable bonds is 5. The average Bonchev–Trinajstić information content (AvgIpc) is 3.41. The molecule has 4 atom stereocenters. The average molecular weight is 452 g/mol. The van der Waals surface area contributed by atoms with Crippen LogP contribution < -0.4 is 15.5 Å². The second-order valence-corrected chi connectivity index (χ2v) is 8.77. The number of benzene rings is 2. The highest BCUT2D eigenvalue weighted by Gasteiger charge is 2.67. The third-order valence-electron chi connectivity index (χ3n) is 6.31. The minimum atomic E-state index is -0.801. The Morgan fingerprint density at radius 1 is 1.19 bits per heavy atom. The van der Waals surface area contributed by atoms with Gasteiger partial charge < -0.3 is 20.3 Å². The molecule has 2 bridgehead atoms. The first-order valence-electron chi connectivity index (χ1n) is 10.5. The third-order valence-corrected chi connectivity index (χ3v) is 6.68. The molecule has 32 heavy (non-hydrogen) atoms. The largest absolute Gasteiger partial charge is 0.360 e. The molecular weight excluding hydrogens is 430 g/mol. The van der Waals surface area contributed by atoms with Crippen LogP contribution in [0.25, 0.3) is 0 Å². The maximum Gasteiger partial charge on any atom is 0.234 e. The molecule has 5 rings (SSSR count). The Morgan fingerprint density at radius 2 is 1.94 bits per heavy atom. The van der Waals surface area contributed by atoms with Gasteiger partial charge in [-0.1, -0.05) is 42.0 Å². The van der Waals surface area contributed by atoms with E-state index in [4.69, 9.17) is 16.3 Å². The third kappa shape index (κ3) is 3.38. The molecule has 3 aliphatic rings. The van der Waals surface area contributed by atoms with Crippen molar-refractivity contribution in [3.63, 3.8) is 0 Å². The topological polar surface area (TPSA) is 87.7 Å². The van der Waals surface area contributed by atoms with Gasteiger partial charge in [-0.15, -0.1) is 0 Å². The zero-order valence-corrected chi connectivity index (χ0v) is 18.1. The minimum Gasteiger partial charge on any atom is -0.360 e. The molecule has 2 saturated heterocycles. The molecular formula is C24H22ClN3O4. The molecule has 3 aliphatic heterocycles. The van der Waals surface area contributed by atoms with Crippen LogP contribution in [0.1, 0.15) is 12.5 Å². The van der Waals surface area contributed by atoms with Gasteiger partial charge in [0.05, 0.1) is 24.5 Å². The molecule has 3 amide bonds. The number of nitrogens with zero attached hydrogens (tertiary/aromatic N) is 1. The summed E-state index contributed by atoms with van der Waals surface area (Å²) in [5, 5.41) is 6.22. The van der Waals surface area contributed by atoms with Crippen molar-refractivity contribution in [3.05, 3.63) is 71.3 Å². The van der Waals surface area contributed by atoms with E-state index in [0.29, 0.717) is 22.9 Å². The normalized spacial score (nSPS) is 27.5.